The standard InChI is InChI=1S/C25H29FN4O2.HI/c1-3-27-25(28-16-19(2)32-23-13-11-22(26)12-14-23)29-17-20-7-9-21(10-8-20)18-30-15-5-4-6-24(30)31;/h4-15,19H,3,16-18H2,1-2H3,(H2,27,28,29);1H. The van der Waals surface area contributed by atoms with Crippen molar-refractivity contribution in [2.75, 3.05) is 13.1 Å². The van der Waals surface area contributed by atoms with Crippen LogP contribution in [0, 0.1) is 5.82 Å². The van der Waals surface area contributed by atoms with Gasteiger partial charge in [0.15, 0.2) is 5.96 Å². The quantitative estimate of drug-likeness (QED) is 0.233. The number of benzene rings is 2. The van der Waals surface area contributed by atoms with E-state index in [0.29, 0.717) is 31.3 Å². The molecule has 0 aliphatic carbocycles. The summed E-state index contributed by atoms with van der Waals surface area (Å²) in [7, 11) is 0. The summed E-state index contributed by atoms with van der Waals surface area (Å²) in [4.78, 5) is 16.5. The third kappa shape index (κ3) is 8.88. The highest BCUT2D eigenvalue weighted by atomic mass is 127. The molecule has 1 atom stereocenters. The molecule has 0 aliphatic rings. The van der Waals surface area contributed by atoms with Crippen molar-refractivity contribution in [1.29, 1.82) is 0 Å². The fraction of sp³-hybridized carbons (Fsp3) is 0.280. The largest absolute Gasteiger partial charge is 0.489 e. The third-order valence-corrected chi connectivity index (χ3v) is 4.75. The van der Waals surface area contributed by atoms with Crippen molar-refractivity contribution in [3.63, 3.8) is 0 Å². The Bertz CT molecular complexity index is 1070. The van der Waals surface area contributed by atoms with Crippen LogP contribution in [0.2, 0.25) is 0 Å². The van der Waals surface area contributed by atoms with Gasteiger partial charge in [-0.2, -0.15) is 0 Å². The Kier molecular flexibility index (Phi) is 10.9. The summed E-state index contributed by atoms with van der Waals surface area (Å²) in [5, 5.41) is 6.50. The Hall–Kier alpha value is -2.88. The van der Waals surface area contributed by atoms with Crippen LogP contribution in [0.15, 0.2) is 82.7 Å². The SMILES string of the molecule is CCNC(=NCc1ccc(Cn2ccccc2=O)cc1)NCC(C)Oc1ccc(F)cc1.I. The molecular weight excluding hydrogens is 534 g/mol. The summed E-state index contributed by atoms with van der Waals surface area (Å²) >= 11 is 0. The van der Waals surface area contributed by atoms with Crippen LogP contribution in [0.3, 0.4) is 0 Å². The minimum Gasteiger partial charge on any atom is -0.489 e. The van der Waals surface area contributed by atoms with Gasteiger partial charge in [0.1, 0.15) is 17.7 Å². The Morgan fingerprint density at radius 1 is 1.03 bits per heavy atom. The van der Waals surface area contributed by atoms with Crippen molar-refractivity contribution in [1.82, 2.24) is 15.2 Å². The van der Waals surface area contributed by atoms with Crippen LogP contribution in [-0.4, -0.2) is 29.7 Å². The highest BCUT2D eigenvalue weighted by Crippen LogP contribution is 2.12. The maximum absolute atomic E-state index is 13.0. The minimum absolute atomic E-state index is 0. The molecule has 2 N–H and O–H groups in total. The van der Waals surface area contributed by atoms with Gasteiger partial charge in [-0.3, -0.25) is 4.79 Å². The first-order valence-corrected chi connectivity index (χ1v) is 10.7. The van der Waals surface area contributed by atoms with Crippen LogP contribution < -0.4 is 20.9 Å². The van der Waals surface area contributed by atoms with E-state index in [0.717, 1.165) is 17.7 Å². The molecule has 0 saturated carbocycles. The van der Waals surface area contributed by atoms with Crippen molar-refractivity contribution in [2.45, 2.75) is 33.0 Å². The summed E-state index contributed by atoms with van der Waals surface area (Å²) < 4.78 is 20.5. The molecule has 0 radical (unpaired) electrons. The predicted molar refractivity (Wildman–Crippen MR) is 141 cm³/mol. The van der Waals surface area contributed by atoms with Crippen LogP contribution in [-0.2, 0) is 13.1 Å². The Labute approximate surface area is 210 Å². The van der Waals surface area contributed by atoms with Gasteiger partial charge in [-0.15, -0.1) is 24.0 Å². The van der Waals surface area contributed by atoms with Gasteiger partial charge in [0.05, 0.1) is 19.6 Å². The summed E-state index contributed by atoms with van der Waals surface area (Å²) in [5.41, 5.74) is 2.12. The maximum atomic E-state index is 13.0. The maximum Gasteiger partial charge on any atom is 0.250 e. The first-order chi connectivity index (χ1) is 15.5. The van der Waals surface area contributed by atoms with E-state index in [1.807, 2.05) is 44.2 Å². The van der Waals surface area contributed by atoms with Crippen LogP contribution in [0.5, 0.6) is 5.75 Å². The average molecular weight is 564 g/mol. The molecule has 0 aliphatic heterocycles. The third-order valence-electron chi connectivity index (χ3n) is 4.75. The molecule has 176 valence electrons. The molecule has 0 fully saturated rings. The Morgan fingerprint density at radius 3 is 2.39 bits per heavy atom. The molecule has 1 aromatic heterocycles. The van der Waals surface area contributed by atoms with Gasteiger partial charge in [-0.1, -0.05) is 30.3 Å². The van der Waals surface area contributed by atoms with Crippen LogP contribution in [0.4, 0.5) is 4.39 Å². The van der Waals surface area contributed by atoms with Gasteiger partial charge in [0.2, 0.25) is 0 Å². The normalized spacial score (nSPS) is 11.9. The molecule has 8 heteroatoms. The fourth-order valence-corrected chi connectivity index (χ4v) is 3.08. The average Bonchev–Trinajstić information content (AvgIpc) is 2.80. The van der Waals surface area contributed by atoms with E-state index in [-0.39, 0.29) is 41.5 Å². The second kappa shape index (κ2) is 13.6. The van der Waals surface area contributed by atoms with E-state index in [1.165, 1.54) is 12.1 Å². The number of nitrogens with zero attached hydrogens (tertiary/aromatic N) is 2. The molecule has 0 bridgehead atoms. The van der Waals surface area contributed by atoms with Crippen LogP contribution in [0.25, 0.3) is 0 Å². The second-order valence-corrected chi connectivity index (χ2v) is 7.44. The number of ether oxygens (including phenoxy) is 1. The van der Waals surface area contributed by atoms with E-state index in [2.05, 4.69) is 15.6 Å². The monoisotopic (exact) mass is 564 g/mol. The second-order valence-electron chi connectivity index (χ2n) is 7.44. The van der Waals surface area contributed by atoms with E-state index < -0.39 is 0 Å². The summed E-state index contributed by atoms with van der Waals surface area (Å²) in [6.07, 6.45) is 1.67. The van der Waals surface area contributed by atoms with Crippen molar-refractivity contribution in [3.8, 4) is 5.75 Å². The van der Waals surface area contributed by atoms with E-state index in [9.17, 15) is 9.18 Å². The highest BCUT2D eigenvalue weighted by molar-refractivity contribution is 14.0. The lowest BCUT2D eigenvalue weighted by molar-refractivity contribution is 0.223. The number of hydrogen-bond acceptors (Lipinski definition) is 3. The molecule has 1 heterocycles. The topological polar surface area (TPSA) is 67.7 Å². The van der Waals surface area contributed by atoms with Gasteiger partial charge in [0, 0.05) is 18.8 Å². The Morgan fingerprint density at radius 2 is 1.73 bits per heavy atom. The smallest absolute Gasteiger partial charge is 0.250 e. The fourth-order valence-electron chi connectivity index (χ4n) is 3.08. The zero-order valence-corrected chi connectivity index (χ0v) is 21.2. The van der Waals surface area contributed by atoms with E-state index >= 15 is 0 Å². The molecule has 1 unspecified atom stereocenters. The Balaban J connectivity index is 0.00000385. The van der Waals surface area contributed by atoms with Crippen molar-refractivity contribution in [2.24, 2.45) is 4.99 Å². The first kappa shape index (κ1) is 26.4. The lowest BCUT2D eigenvalue weighted by atomic mass is 10.1. The number of aliphatic imine (C=N–C) groups is 1. The molecule has 6 nitrogen and oxygen atoms in total. The van der Waals surface area contributed by atoms with Gasteiger partial charge in [0.25, 0.3) is 5.56 Å². The number of halogens is 2. The number of pyridine rings is 1. The molecule has 3 rings (SSSR count). The summed E-state index contributed by atoms with van der Waals surface area (Å²) in [6, 6.07) is 19.2. The summed E-state index contributed by atoms with van der Waals surface area (Å²) in [6.45, 7) is 6.30. The molecule has 33 heavy (non-hydrogen) atoms. The number of hydrogen-bond donors (Lipinski definition) is 2. The van der Waals surface area contributed by atoms with E-state index in [1.54, 1.807) is 35.0 Å². The van der Waals surface area contributed by atoms with Crippen molar-refractivity contribution >= 4 is 29.9 Å². The predicted octanol–water partition coefficient (Wildman–Crippen LogP) is 4.18. The van der Waals surface area contributed by atoms with Crippen LogP contribution in [0.1, 0.15) is 25.0 Å². The minimum atomic E-state index is -0.285. The molecule has 3 aromatic rings. The zero-order valence-electron chi connectivity index (χ0n) is 18.8. The molecule has 0 amide bonds. The number of nitrogens with one attached hydrogen (secondary N) is 2. The molecular formula is C25H30FIN4O2. The first-order valence-electron chi connectivity index (χ1n) is 10.7. The summed E-state index contributed by atoms with van der Waals surface area (Å²) in [5.74, 6) is 1.04. The van der Waals surface area contributed by atoms with E-state index in [4.69, 9.17) is 4.74 Å². The number of aromatic nitrogens is 1. The highest BCUT2D eigenvalue weighted by Gasteiger charge is 2.06. The lowest BCUT2D eigenvalue weighted by Gasteiger charge is -2.17. The number of guanidine groups is 1. The van der Waals surface area contributed by atoms with Gasteiger partial charge in [-0.25, -0.2) is 9.38 Å². The zero-order chi connectivity index (χ0) is 22.8. The molecule has 2 aromatic carbocycles. The van der Waals surface area contributed by atoms with Gasteiger partial charge in [-0.05, 0) is 55.3 Å². The molecule has 0 saturated heterocycles. The van der Waals surface area contributed by atoms with Crippen molar-refractivity contribution in [3.05, 3.63) is 100 Å². The van der Waals surface area contributed by atoms with Crippen LogP contribution >= 0.6 is 24.0 Å². The van der Waals surface area contributed by atoms with Gasteiger partial charge < -0.3 is 19.9 Å². The lowest BCUT2D eigenvalue weighted by Crippen LogP contribution is -2.41. The molecule has 0 spiro atoms. The number of rotatable bonds is 9. The van der Waals surface area contributed by atoms with Crippen molar-refractivity contribution < 1.29 is 9.13 Å². The van der Waals surface area contributed by atoms with Gasteiger partial charge >= 0.3 is 0 Å².